The summed E-state index contributed by atoms with van der Waals surface area (Å²) in [4.78, 5) is 16.9. The molecule has 1 aliphatic rings. The van der Waals surface area contributed by atoms with Crippen molar-refractivity contribution < 1.29 is 9.90 Å². The van der Waals surface area contributed by atoms with Gasteiger partial charge in [-0.05, 0) is 25.7 Å². The second-order valence-corrected chi connectivity index (χ2v) is 6.70. The summed E-state index contributed by atoms with van der Waals surface area (Å²) in [5.74, 6) is 0.0526. The maximum atomic E-state index is 12.2. The SMILES string of the molecule is CCC(CC)(CO)CNC(=O)c1sc(NC2CC2)nc1N. The fourth-order valence-corrected chi connectivity index (χ4v) is 2.96. The number of nitrogen functional groups attached to an aromatic ring is 1. The van der Waals surface area contributed by atoms with Gasteiger partial charge in [-0.15, -0.1) is 0 Å². The highest BCUT2D eigenvalue weighted by molar-refractivity contribution is 7.18. The summed E-state index contributed by atoms with van der Waals surface area (Å²) in [5, 5.41) is 16.4. The molecule has 0 aliphatic heterocycles. The van der Waals surface area contributed by atoms with Gasteiger partial charge in [0.25, 0.3) is 5.91 Å². The molecular formula is C14H24N4O2S. The Morgan fingerprint density at radius 2 is 2.14 bits per heavy atom. The van der Waals surface area contributed by atoms with Crippen LogP contribution < -0.4 is 16.4 Å². The molecule has 0 spiro atoms. The Bertz CT molecular complexity index is 487. The van der Waals surface area contributed by atoms with E-state index in [0.717, 1.165) is 25.7 Å². The summed E-state index contributed by atoms with van der Waals surface area (Å²) < 4.78 is 0. The molecule has 1 amide bonds. The third-order valence-electron chi connectivity index (χ3n) is 4.22. The minimum Gasteiger partial charge on any atom is -0.396 e. The number of nitrogens with one attached hydrogen (secondary N) is 2. The Labute approximate surface area is 129 Å². The van der Waals surface area contributed by atoms with Gasteiger partial charge >= 0.3 is 0 Å². The van der Waals surface area contributed by atoms with E-state index in [1.54, 1.807) is 0 Å². The summed E-state index contributed by atoms with van der Waals surface area (Å²) in [6.07, 6.45) is 3.92. The van der Waals surface area contributed by atoms with E-state index in [0.29, 0.717) is 22.6 Å². The van der Waals surface area contributed by atoms with E-state index in [2.05, 4.69) is 15.6 Å². The molecule has 0 unspecified atom stereocenters. The van der Waals surface area contributed by atoms with Crippen LogP contribution >= 0.6 is 11.3 Å². The Balaban J connectivity index is 1.97. The van der Waals surface area contributed by atoms with E-state index in [-0.39, 0.29) is 23.7 Å². The highest BCUT2D eigenvalue weighted by Crippen LogP contribution is 2.31. The number of anilines is 2. The van der Waals surface area contributed by atoms with Crippen LogP contribution in [0.15, 0.2) is 0 Å². The van der Waals surface area contributed by atoms with Crippen molar-refractivity contribution in [2.45, 2.75) is 45.6 Å². The topological polar surface area (TPSA) is 100 Å². The van der Waals surface area contributed by atoms with Gasteiger partial charge in [0.15, 0.2) is 5.13 Å². The second kappa shape index (κ2) is 6.62. The first-order chi connectivity index (χ1) is 10.0. The number of aliphatic hydroxyl groups excluding tert-OH is 1. The summed E-state index contributed by atoms with van der Waals surface area (Å²) in [6.45, 7) is 4.54. The Morgan fingerprint density at radius 3 is 2.67 bits per heavy atom. The van der Waals surface area contributed by atoms with Gasteiger partial charge in [-0.2, -0.15) is 0 Å². The zero-order chi connectivity index (χ0) is 15.5. The van der Waals surface area contributed by atoms with E-state index in [9.17, 15) is 9.90 Å². The maximum absolute atomic E-state index is 12.2. The first kappa shape index (κ1) is 16.0. The third-order valence-corrected chi connectivity index (χ3v) is 5.23. The van der Waals surface area contributed by atoms with Crippen molar-refractivity contribution in [2.75, 3.05) is 24.2 Å². The van der Waals surface area contributed by atoms with Crippen molar-refractivity contribution in [1.82, 2.24) is 10.3 Å². The van der Waals surface area contributed by atoms with E-state index >= 15 is 0 Å². The monoisotopic (exact) mass is 312 g/mol. The maximum Gasteiger partial charge on any atom is 0.265 e. The van der Waals surface area contributed by atoms with Crippen molar-refractivity contribution in [3.8, 4) is 0 Å². The normalized spacial score (nSPS) is 15.0. The number of aliphatic hydroxyl groups is 1. The van der Waals surface area contributed by atoms with Crippen LogP contribution in [-0.4, -0.2) is 35.2 Å². The number of carbonyl (C=O) groups excluding carboxylic acids is 1. The summed E-state index contributed by atoms with van der Waals surface area (Å²) in [6, 6.07) is 0.480. The molecule has 0 bridgehead atoms. The van der Waals surface area contributed by atoms with E-state index in [1.165, 1.54) is 11.3 Å². The molecular weight excluding hydrogens is 288 g/mol. The molecule has 1 aromatic rings. The molecule has 118 valence electrons. The van der Waals surface area contributed by atoms with Crippen LogP contribution in [0.1, 0.15) is 49.2 Å². The van der Waals surface area contributed by atoms with Gasteiger partial charge in [-0.3, -0.25) is 4.79 Å². The van der Waals surface area contributed by atoms with E-state index in [1.807, 2.05) is 13.8 Å². The third kappa shape index (κ3) is 3.85. The largest absolute Gasteiger partial charge is 0.396 e. The van der Waals surface area contributed by atoms with Gasteiger partial charge < -0.3 is 21.5 Å². The second-order valence-electron chi connectivity index (χ2n) is 5.70. The number of nitrogens with two attached hydrogens (primary N) is 1. The van der Waals surface area contributed by atoms with Crippen LogP contribution in [0.3, 0.4) is 0 Å². The smallest absolute Gasteiger partial charge is 0.265 e. The molecule has 0 aromatic carbocycles. The van der Waals surface area contributed by atoms with Crippen molar-refractivity contribution in [3.63, 3.8) is 0 Å². The van der Waals surface area contributed by atoms with Crippen LogP contribution in [0.25, 0.3) is 0 Å². The van der Waals surface area contributed by atoms with E-state index < -0.39 is 0 Å². The minimum atomic E-state index is -0.260. The van der Waals surface area contributed by atoms with Crippen LogP contribution in [0, 0.1) is 5.41 Å². The predicted octanol–water partition coefficient (Wildman–Crippen LogP) is 1.83. The molecule has 2 rings (SSSR count). The van der Waals surface area contributed by atoms with Crippen molar-refractivity contribution in [1.29, 1.82) is 0 Å². The molecule has 0 atom stereocenters. The Morgan fingerprint density at radius 1 is 1.48 bits per heavy atom. The molecule has 6 nitrogen and oxygen atoms in total. The van der Waals surface area contributed by atoms with Crippen LogP contribution in [-0.2, 0) is 0 Å². The zero-order valence-electron chi connectivity index (χ0n) is 12.6. The number of hydrogen-bond donors (Lipinski definition) is 4. The molecule has 1 aromatic heterocycles. The summed E-state index contributed by atoms with van der Waals surface area (Å²) >= 11 is 1.29. The molecule has 1 fully saturated rings. The van der Waals surface area contributed by atoms with Crippen LogP contribution in [0.4, 0.5) is 10.9 Å². The molecule has 1 aliphatic carbocycles. The number of aromatic nitrogens is 1. The number of hydrogen-bond acceptors (Lipinski definition) is 6. The lowest BCUT2D eigenvalue weighted by Crippen LogP contribution is -2.39. The van der Waals surface area contributed by atoms with E-state index in [4.69, 9.17) is 5.73 Å². The first-order valence-electron chi connectivity index (χ1n) is 7.45. The average Bonchev–Trinajstić information content (AvgIpc) is 3.22. The standard InChI is InChI=1S/C14H24N4O2S/c1-3-14(4-2,8-19)7-16-12(20)10-11(15)18-13(21-10)17-9-5-6-9/h9,19H,3-8,15H2,1-2H3,(H,16,20)(H,17,18). The van der Waals surface area contributed by atoms with Gasteiger partial charge in [0, 0.05) is 18.0 Å². The Hall–Kier alpha value is -1.34. The van der Waals surface area contributed by atoms with Crippen molar-refractivity contribution in [3.05, 3.63) is 4.88 Å². The average molecular weight is 312 g/mol. The molecule has 1 heterocycles. The van der Waals surface area contributed by atoms with Gasteiger partial charge in [-0.25, -0.2) is 4.98 Å². The number of amides is 1. The molecule has 0 saturated heterocycles. The fourth-order valence-electron chi connectivity index (χ4n) is 2.09. The highest BCUT2D eigenvalue weighted by atomic mass is 32.1. The quantitative estimate of drug-likeness (QED) is 0.587. The first-order valence-corrected chi connectivity index (χ1v) is 8.27. The van der Waals surface area contributed by atoms with Crippen LogP contribution in [0.5, 0.6) is 0 Å². The summed E-state index contributed by atoms with van der Waals surface area (Å²) in [7, 11) is 0. The molecule has 21 heavy (non-hydrogen) atoms. The number of rotatable bonds is 8. The van der Waals surface area contributed by atoms with Gasteiger partial charge in [0.2, 0.25) is 0 Å². The molecule has 1 saturated carbocycles. The van der Waals surface area contributed by atoms with Gasteiger partial charge in [0.05, 0.1) is 6.61 Å². The summed E-state index contributed by atoms with van der Waals surface area (Å²) in [5.41, 5.74) is 5.56. The van der Waals surface area contributed by atoms with Crippen molar-refractivity contribution >= 4 is 28.2 Å². The fraction of sp³-hybridized carbons (Fsp3) is 0.714. The number of carbonyl (C=O) groups is 1. The predicted molar refractivity (Wildman–Crippen MR) is 85.6 cm³/mol. The molecule has 0 radical (unpaired) electrons. The Kier molecular flexibility index (Phi) is 5.05. The lowest BCUT2D eigenvalue weighted by molar-refractivity contribution is 0.0855. The van der Waals surface area contributed by atoms with Crippen LogP contribution in [0.2, 0.25) is 0 Å². The number of nitrogens with zero attached hydrogens (tertiary/aromatic N) is 1. The molecule has 7 heteroatoms. The minimum absolute atomic E-state index is 0.0624. The lowest BCUT2D eigenvalue weighted by atomic mass is 9.83. The number of thiazole rings is 1. The lowest BCUT2D eigenvalue weighted by Gasteiger charge is -2.29. The van der Waals surface area contributed by atoms with Crippen molar-refractivity contribution in [2.24, 2.45) is 5.41 Å². The van der Waals surface area contributed by atoms with Gasteiger partial charge in [-0.1, -0.05) is 25.2 Å². The molecule has 5 N–H and O–H groups in total. The van der Waals surface area contributed by atoms with Gasteiger partial charge in [0.1, 0.15) is 10.7 Å². The highest BCUT2D eigenvalue weighted by Gasteiger charge is 2.28. The zero-order valence-corrected chi connectivity index (χ0v) is 13.4.